The van der Waals surface area contributed by atoms with Crippen LogP contribution in [0.2, 0.25) is 0 Å². The molecule has 0 saturated carbocycles. The fourth-order valence-electron chi connectivity index (χ4n) is 4.53. The number of rotatable bonds is 6. The number of fused-ring (bicyclic) bond motifs is 1. The van der Waals surface area contributed by atoms with Gasteiger partial charge in [-0.15, -0.1) is 0 Å². The number of hydrogen-bond acceptors (Lipinski definition) is 4. The predicted octanol–water partition coefficient (Wildman–Crippen LogP) is 2.49. The number of imide groups is 1. The first kappa shape index (κ1) is 20.1. The van der Waals surface area contributed by atoms with Crippen molar-refractivity contribution in [2.45, 2.75) is 37.8 Å². The molecule has 4 rings (SSSR count). The van der Waals surface area contributed by atoms with E-state index in [0.717, 1.165) is 17.9 Å². The van der Waals surface area contributed by atoms with Crippen LogP contribution in [0.1, 0.15) is 42.5 Å². The summed E-state index contributed by atoms with van der Waals surface area (Å²) >= 11 is 0. The van der Waals surface area contributed by atoms with Gasteiger partial charge in [-0.05, 0) is 43.0 Å². The normalized spacial score (nSPS) is 22.9. The molecule has 7 nitrogen and oxygen atoms in total. The Morgan fingerprint density at radius 1 is 1.17 bits per heavy atom. The van der Waals surface area contributed by atoms with Crippen molar-refractivity contribution in [3.05, 3.63) is 71.3 Å². The number of hydrazine groups is 1. The van der Waals surface area contributed by atoms with Crippen LogP contribution in [0.5, 0.6) is 0 Å². The Morgan fingerprint density at radius 3 is 2.60 bits per heavy atom. The summed E-state index contributed by atoms with van der Waals surface area (Å²) in [5.74, 6) is -0.867. The Hall–Kier alpha value is -3.19. The summed E-state index contributed by atoms with van der Waals surface area (Å²) in [5, 5.41) is 3.58. The Morgan fingerprint density at radius 2 is 1.87 bits per heavy atom. The lowest BCUT2D eigenvalue weighted by Gasteiger charge is -2.27. The third-order valence-corrected chi connectivity index (χ3v) is 6.15. The molecule has 156 valence electrons. The molecule has 30 heavy (non-hydrogen) atoms. The van der Waals surface area contributed by atoms with Crippen molar-refractivity contribution >= 4 is 17.8 Å². The Balaban J connectivity index is 1.45. The second-order valence-corrected chi connectivity index (χ2v) is 7.90. The molecule has 1 aliphatic carbocycles. The summed E-state index contributed by atoms with van der Waals surface area (Å²) in [6, 6.07) is 16.9. The predicted molar refractivity (Wildman–Crippen MR) is 112 cm³/mol. The molecular formula is C23H26N4O3. The molecule has 2 N–H and O–H groups in total. The van der Waals surface area contributed by atoms with Gasteiger partial charge < -0.3 is 5.32 Å². The molecule has 1 heterocycles. The van der Waals surface area contributed by atoms with Crippen LogP contribution in [0, 0.1) is 0 Å². The molecule has 2 atom stereocenters. The second kappa shape index (κ2) is 7.91. The average Bonchev–Trinajstić information content (AvgIpc) is 3.29. The molecule has 0 unspecified atom stereocenters. The lowest BCUT2D eigenvalue weighted by molar-refractivity contribution is -0.140. The van der Waals surface area contributed by atoms with E-state index in [-0.39, 0.29) is 12.6 Å². The van der Waals surface area contributed by atoms with E-state index in [2.05, 4.69) is 22.9 Å². The van der Waals surface area contributed by atoms with Crippen molar-refractivity contribution in [3.8, 4) is 0 Å². The van der Waals surface area contributed by atoms with Gasteiger partial charge >= 0.3 is 6.03 Å². The summed E-state index contributed by atoms with van der Waals surface area (Å²) in [6.45, 7) is 1.92. The van der Waals surface area contributed by atoms with Gasteiger partial charge in [0.1, 0.15) is 5.54 Å². The van der Waals surface area contributed by atoms with Gasteiger partial charge in [-0.25, -0.2) is 4.79 Å². The lowest BCUT2D eigenvalue weighted by Crippen LogP contribution is -2.51. The van der Waals surface area contributed by atoms with E-state index in [4.69, 9.17) is 0 Å². The van der Waals surface area contributed by atoms with Gasteiger partial charge in [-0.1, -0.05) is 61.5 Å². The van der Waals surface area contributed by atoms with Crippen molar-refractivity contribution in [2.24, 2.45) is 0 Å². The van der Waals surface area contributed by atoms with Crippen LogP contribution >= 0.6 is 0 Å². The SMILES string of the molecule is CC[C@@]1(c2ccccc2)NC(=O)N(NC(=O)CN(C)[C@@H]2CCc3ccccc32)C1=O. The molecule has 2 aromatic rings. The van der Waals surface area contributed by atoms with Gasteiger partial charge in [0.2, 0.25) is 0 Å². The van der Waals surface area contributed by atoms with E-state index in [1.807, 2.05) is 49.2 Å². The summed E-state index contributed by atoms with van der Waals surface area (Å²) in [7, 11) is 1.89. The molecule has 2 aliphatic rings. The smallest absolute Gasteiger partial charge is 0.318 e. The van der Waals surface area contributed by atoms with E-state index in [1.54, 1.807) is 12.1 Å². The minimum absolute atomic E-state index is 0.0839. The van der Waals surface area contributed by atoms with E-state index >= 15 is 0 Å². The molecule has 1 fully saturated rings. The Bertz CT molecular complexity index is 977. The van der Waals surface area contributed by atoms with Gasteiger partial charge in [0.15, 0.2) is 0 Å². The standard InChI is InChI=1S/C23H26N4O3/c1-3-23(17-10-5-4-6-11-17)21(29)27(22(30)24-23)25-20(28)15-26(2)19-14-13-16-9-7-8-12-18(16)19/h4-12,19H,3,13-15H2,1-2H3,(H,24,30)(H,25,28)/t19-,23+/m1/s1. The van der Waals surface area contributed by atoms with Crippen LogP contribution in [-0.4, -0.2) is 41.3 Å². The summed E-state index contributed by atoms with van der Waals surface area (Å²) in [4.78, 5) is 40.3. The number of nitrogens with one attached hydrogen (secondary N) is 2. The minimum Gasteiger partial charge on any atom is -0.318 e. The first-order valence-corrected chi connectivity index (χ1v) is 10.3. The van der Waals surface area contributed by atoms with Gasteiger partial charge in [0.25, 0.3) is 11.8 Å². The van der Waals surface area contributed by atoms with E-state index in [0.29, 0.717) is 12.0 Å². The van der Waals surface area contributed by atoms with Gasteiger partial charge in [0.05, 0.1) is 6.54 Å². The summed E-state index contributed by atoms with van der Waals surface area (Å²) in [5.41, 5.74) is 4.58. The molecule has 0 bridgehead atoms. The molecule has 1 saturated heterocycles. The number of nitrogens with zero attached hydrogens (tertiary/aromatic N) is 2. The maximum Gasteiger partial charge on any atom is 0.344 e. The molecule has 2 aromatic carbocycles. The topological polar surface area (TPSA) is 81.8 Å². The van der Waals surface area contributed by atoms with Gasteiger partial charge in [-0.2, -0.15) is 5.01 Å². The summed E-state index contributed by atoms with van der Waals surface area (Å²) in [6.07, 6.45) is 2.31. The average molecular weight is 406 g/mol. The molecule has 0 aromatic heterocycles. The molecular weight excluding hydrogens is 380 g/mol. The maximum absolute atomic E-state index is 13.1. The van der Waals surface area contributed by atoms with E-state index in [1.165, 1.54) is 11.1 Å². The van der Waals surface area contributed by atoms with Gasteiger partial charge in [-0.3, -0.25) is 19.9 Å². The van der Waals surface area contributed by atoms with Crippen molar-refractivity contribution in [1.82, 2.24) is 20.7 Å². The molecule has 7 heteroatoms. The molecule has 0 radical (unpaired) electrons. The lowest BCUT2D eigenvalue weighted by atomic mass is 9.87. The number of amides is 4. The maximum atomic E-state index is 13.1. The molecule has 0 spiro atoms. The Kier molecular flexibility index (Phi) is 5.30. The third kappa shape index (κ3) is 3.35. The summed E-state index contributed by atoms with van der Waals surface area (Å²) < 4.78 is 0. The van der Waals surface area contributed by atoms with E-state index in [9.17, 15) is 14.4 Å². The highest BCUT2D eigenvalue weighted by Gasteiger charge is 2.52. The van der Waals surface area contributed by atoms with Crippen molar-refractivity contribution in [1.29, 1.82) is 0 Å². The van der Waals surface area contributed by atoms with Crippen molar-refractivity contribution in [2.75, 3.05) is 13.6 Å². The second-order valence-electron chi connectivity index (χ2n) is 7.90. The first-order valence-electron chi connectivity index (χ1n) is 10.3. The van der Waals surface area contributed by atoms with Crippen LogP contribution in [0.15, 0.2) is 54.6 Å². The van der Waals surface area contributed by atoms with Crippen molar-refractivity contribution < 1.29 is 14.4 Å². The van der Waals surface area contributed by atoms with Crippen LogP contribution in [-0.2, 0) is 21.5 Å². The Labute approximate surface area is 176 Å². The zero-order valence-electron chi connectivity index (χ0n) is 17.2. The third-order valence-electron chi connectivity index (χ3n) is 6.15. The monoisotopic (exact) mass is 406 g/mol. The number of carbonyl (C=O) groups is 3. The zero-order valence-corrected chi connectivity index (χ0v) is 17.2. The minimum atomic E-state index is -1.16. The van der Waals surface area contributed by atoms with Crippen LogP contribution in [0.4, 0.5) is 4.79 Å². The fraction of sp³-hybridized carbons (Fsp3) is 0.348. The number of carbonyl (C=O) groups excluding carboxylic acids is 3. The fourth-order valence-corrected chi connectivity index (χ4v) is 4.53. The number of hydrogen-bond donors (Lipinski definition) is 2. The van der Waals surface area contributed by atoms with Crippen molar-refractivity contribution in [3.63, 3.8) is 0 Å². The van der Waals surface area contributed by atoms with Crippen LogP contribution in [0.25, 0.3) is 0 Å². The van der Waals surface area contributed by atoms with Crippen LogP contribution in [0.3, 0.4) is 0 Å². The molecule has 4 amide bonds. The highest BCUT2D eigenvalue weighted by Crippen LogP contribution is 2.35. The quantitative estimate of drug-likeness (QED) is 0.723. The van der Waals surface area contributed by atoms with E-state index < -0.39 is 23.4 Å². The largest absolute Gasteiger partial charge is 0.344 e. The number of urea groups is 1. The number of benzene rings is 2. The molecule has 1 aliphatic heterocycles. The highest BCUT2D eigenvalue weighted by atomic mass is 16.2. The zero-order chi connectivity index (χ0) is 21.3. The number of likely N-dealkylation sites (N-methyl/N-ethyl adjacent to an activating group) is 1. The van der Waals surface area contributed by atoms with Gasteiger partial charge in [0, 0.05) is 6.04 Å². The van der Waals surface area contributed by atoms with Crippen LogP contribution < -0.4 is 10.7 Å². The number of aryl methyl sites for hydroxylation is 1. The highest BCUT2D eigenvalue weighted by molar-refractivity contribution is 6.08. The first-order chi connectivity index (χ1) is 14.5.